The maximum atomic E-state index is 12.7. The van der Waals surface area contributed by atoms with E-state index >= 15 is 0 Å². The van der Waals surface area contributed by atoms with Crippen LogP contribution in [0.4, 0.5) is 4.39 Å². The molecular weight excluding hydrogens is 231 g/mol. The fraction of sp³-hybridized carbons (Fsp3) is 0.571. The quantitative estimate of drug-likeness (QED) is 0.838. The Bertz CT molecular complexity index is 405. The largest absolute Gasteiger partial charge is 0.349 e. The van der Waals surface area contributed by atoms with Crippen LogP contribution in [0.3, 0.4) is 0 Å². The predicted molar refractivity (Wildman–Crippen MR) is 67.7 cm³/mol. The number of nitrogens with one attached hydrogen (secondary N) is 1. The summed E-state index contributed by atoms with van der Waals surface area (Å²) in [6.45, 7) is 2.16. The molecule has 2 atom stereocenters. The highest BCUT2D eigenvalue weighted by molar-refractivity contribution is 5.94. The van der Waals surface area contributed by atoms with Gasteiger partial charge in [-0.1, -0.05) is 26.2 Å². The summed E-state index contributed by atoms with van der Waals surface area (Å²) >= 11 is 0. The van der Waals surface area contributed by atoms with Gasteiger partial charge in [0.05, 0.1) is 5.56 Å². The predicted octanol–water partition coefficient (Wildman–Crippen LogP) is 2.92. The second kappa shape index (κ2) is 5.94. The molecule has 0 spiro atoms. The van der Waals surface area contributed by atoms with E-state index in [9.17, 15) is 9.18 Å². The molecule has 0 radical (unpaired) electrons. The maximum Gasteiger partial charge on any atom is 0.253 e. The Balaban J connectivity index is 1.99. The molecule has 1 heterocycles. The highest BCUT2D eigenvalue weighted by Crippen LogP contribution is 2.26. The molecular formula is C14H19FN2O. The van der Waals surface area contributed by atoms with Crippen molar-refractivity contribution in [2.24, 2.45) is 5.92 Å². The molecule has 2 unspecified atom stereocenters. The lowest BCUT2D eigenvalue weighted by Crippen LogP contribution is -2.41. The van der Waals surface area contributed by atoms with Gasteiger partial charge in [0.2, 0.25) is 5.95 Å². The van der Waals surface area contributed by atoms with Crippen LogP contribution in [0.25, 0.3) is 0 Å². The van der Waals surface area contributed by atoms with Crippen molar-refractivity contribution in [3.8, 4) is 0 Å². The van der Waals surface area contributed by atoms with Crippen LogP contribution in [-0.4, -0.2) is 16.9 Å². The first-order chi connectivity index (χ1) is 8.70. The number of hydrogen-bond donors (Lipinski definition) is 1. The zero-order valence-electron chi connectivity index (χ0n) is 10.7. The molecule has 1 fully saturated rings. The van der Waals surface area contributed by atoms with Crippen molar-refractivity contribution in [2.45, 2.75) is 45.1 Å². The first-order valence-electron chi connectivity index (χ1n) is 6.63. The van der Waals surface area contributed by atoms with Gasteiger partial charge in [-0.15, -0.1) is 0 Å². The SMILES string of the molecule is CCC1CCCCC1NC(=O)c1ccc(F)nc1. The van der Waals surface area contributed by atoms with Crippen LogP contribution in [-0.2, 0) is 0 Å². The van der Waals surface area contributed by atoms with E-state index in [4.69, 9.17) is 0 Å². The average Bonchev–Trinajstić information content (AvgIpc) is 2.40. The van der Waals surface area contributed by atoms with Gasteiger partial charge in [-0.05, 0) is 30.9 Å². The minimum atomic E-state index is -0.560. The van der Waals surface area contributed by atoms with E-state index in [-0.39, 0.29) is 11.9 Å². The Hall–Kier alpha value is -1.45. The normalized spacial score (nSPS) is 23.7. The van der Waals surface area contributed by atoms with Gasteiger partial charge in [0, 0.05) is 12.2 Å². The number of hydrogen-bond acceptors (Lipinski definition) is 2. The second-order valence-electron chi connectivity index (χ2n) is 4.90. The van der Waals surface area contributed by atoms with Crippen molar-refractivity contribution in [3.63, 3.8) is 0 Å². The molecule has 0 aromatic carbocycles. The zero-order valence-corrected chi connectivity index (χ0v) is 10.7. The summed E-state index contributed by atoms with van der Waals surface area (Å²) in [4.78, 5) is 15.5. The Morgan fingerprint density at radius 1 is 1.44 bits per heavy atom. The first-order valence-corrected chi connectivity index (χ1v) is 6.63. The Labute approximate surface area is 107 Å². The van der Waals surface area contributed by atoms with E-state index in [0.29, 0.717) is 11.5 Å². The van der Waals surface area contributed by atoms with Crippen molar-refractivity contribution in [2.75, 3.05) is 0 Å². The number of rotatable bonds is 3. The number of amides is 1. The summed E-state index contributed by atoms with van der Waals surface area (Å²) in [7, 11) is 0. The van der Waals surface area contributed by atoms with Crippen molar-refractivity contribution >= 4 is 5.91 Å². The fourth-order valence-corrected chi connectivity index (χ4v) is 2.65. The van der Waals surface area contributed by atoms with E-state index in [0.717, 1.165) is 12.8 Å². The van der Waals surface area contributed by atoms with E-state index in [1.807, 2.05) is 0 Å². The molecule has 98 valence electrons. The minimum absolute atomic E-state index is 0.146. The van der Waals surface area contributed by atoms with Gasteiger partial charge < -0.3 is 5.32 Å². The van der Waals surface area contributed by atoms with Crippen LogP contribution >= 0.6 is 0 Å². The van der Waals surface area contributed by atoms with Crippen LogP contribution in [0.2, 0.25) is 0 Å². The first kappa shape index (κ1) is 13.0. The standard InChI is InChI=1S/C14H19FN2O/c1-2-10-5-3-4-6-12(10)17-14(18)11-7-8-13(15)16-9-11/h7-10,12H,2-6H2,1H3,(H,17,18). The number of nitrogens with zero attached hydrogens (tertiary/aromatic N) is 1. The van der Waals surface area contributed by atoms with Crippen molar-refractivity contribution in [3.05, 3.63) is 29.8 Å². The van der Waals surface area contributed by atoms with Crippen molar-refractivity contribution in [1.29, 1.82) is 0 Å². The van der Waals surface area contributed by atoms with Gasteiger partial charge in [-0.25, -0.2) is 4.98 Å². The second-order valence-corrected chi connectivity index (χ2v) is 4.90. The molecule has 0 saturated heterocycles. The molecule has 4 heteroatoms. The van der Waals surface area contributed by atoms with Crippen LogP contribution < -0.4 is 5.32 Å². The van der Waals surface area contributed by atoms with Crippen LogP contribution in [0.1, 0.15) is 49.4 Å². The molecule has 3 nitrogen and oxygen atoms in total. The molecule has 1 aromatic rings. The van der Waals surface area contributed by atoms with Crippen molar-refractivity contribution < 1.29 is 9.18 Å². The zero-order chi connectivity index (χ0) is 13.0. The highest BCUT2D eigenvalue weighted by Gasteiger charge is 2.25. The number of halogens is 1. The van der Waals surface area contributed by atoms with Gasteiger partial charge in [0.25, 0.3) is 5.91 Å². The van der Waals surface area contributed by atoms with E-state index in [1.54, 1.807) is 0 Å². The van der Waals surface area contributed by atoms with E-state index < -0.39 is 5.95 Å². The molecule has 1 aromatic heterocycles. The van der Waals surface area contributed by atoms with Gasteiger partial charge in [-0.3, -0.25) is 4.79 Å². The summed E-state index contributed by atoms with van der Waals surface area (Å²) in [5, 5.41) is 3.05. The van der Waals surface area contributed by atoms with Gasteiger partial charge >= 0.3 is 0 Å². The smallest absolute Gasteiger partial charge is 0.253 e. The van der Waals surface area contributed by atoms with Gasteiger partial charge in [0.15, 0.2) is 0 Å². The average molecular weight is 250 g/mol. The third-order valence-corrected chi connectivity index (χ3v) is 3.74. The molecule has 1 saturated carbocycles. The summed E-state index contributed by atoms with van der Waals surface area (Å²) in [5.41, 5.74) is 0.428. The van der Waals surface area contributed by atoms with Gasteiger partial charge in [0.1, 0.15) is 0 Å². The number of pyridine rings is 1. The summed E-state index contributed by atoms with van der Waals surface area (Å²) < 4.78 is 12.7. The van der Waals surface area contributed by atoms with E-state index in [2.05, 4.69) is 17.2 Å². The summed E-state index contributed by atoms with van der Waals surface area (Å²) in [5.74, 6) is -0.139. The Kier molecular flexibility index (Phi) is 4.28. The summed E-state index contributed by atoms with van der Waals surface area (Å²) in [6.07, 6.45) is 7.02. The lowest BCUT2D eigenvalue weighted by molar-refractivity contribution is 0.0904. The molecule has 1 aliphatic rings. The van der Waals surface area contributed by atoms with Crippen molar-refractivity contribution in [1.82, 2.24) is 10.3 Å². The Morgan fingerprint density at radius 3 is 2.89 bits per heavy atom. The molecule has 1 amide bonds. The maximum absolute atomic E-state index is 12.7. The van der Waals surface area contributed by atoms with Crippen LogP contribution in [0.5, 0.6) is 0 Å². The topological polar surface area (TPSA) is 42.0 Å². The number of carbonyl (C=O) groups excluding carboxylic acids is 1. The van der Waals surface area contributed by atoms with Crippen LogP contribution in [0.15, 0.2) is 18.3 Å². The van der Waals surface area contributed by atoms with Crippen LogP contribution in [0, 0.1) is 11.9 Å². The molecule has 1 N–H and O–H groups in total. The lowest BCUT2D eigenvalue weighted by atomic mass is 9.83. The molecule has 1 aliphatic carbocycles. The molecule has 2 rings (SSSR count). The molecule has 18 heavy (non-hydrogen) atoms. The number of carbonyl (C=O) groups is 1. The lowest BCUT2D eigenvalue weighted by Gasteiger charge is -2.31. The molecule has 0 aliphatic heterocycles. The summed E-state index contributed by atoms with van der Waals surface area (Å²) in [6, 6.07) is 2.94. The third kappa shape index (κ3) is 3.06. The minimum Gasteiger partial charge on any atom is -0.349 e. The number of aromatic nitrogens is 1. The monoisotopic (exact) mass is 250 g/mol. The fourth-order valence-electron chi connectivity index (χ4n) is 2.65. The Morgan fingerprint density at radius 2 is 2.22 bits per heavy atom. The third-order valence-electron chi connectivity index (χ3n) is 3.74. The highest BCUT2D eigenvalue weighted by atomic mass is 19.1. The van der Waals surface area contributed by atoms with Gasteiger partial charge in [-0.2, -0.15) is 4.39 Å². The molecule has 0 bridgehead atoms. The van der Waals surface area contributed by atoms with E-state index in [1.165, 1.54) is 37.6 Å².